The molecular formula is C18H28N2O6S. The van der Waals surface area contributed by atoms with Crippen molar-refractivity contribution in [2.45, 2.75) is 42.7 Å². The van der Waals surface area contributed by atoms with Crippen molar-refractivity contribution < 1.29 is 27.8 Å². The Morgan fingerprint density at radius 1 is 1.15 bits per heavy atom. The van der Waals surface area contributed by atoms with E-state index in [0.717, 1.165) is 23.6 Å². The molecule has 2 atom stereocenters. The molecule has 1 aromatic rings. The van der Waals surface area contributed by atoms with Crippen LogP contribution >= 0.6 is 0 Å². The fourth-order valence-corrected chi connectivity index (χ4v) is 4.41. The van der Waals surface area contributed by atoms with Crippen molar-refractivity contribution in [3.63, 3.8) is 0 Å². The fourth-order valence-electron chi connectivity index (χ4n) is 3.27. The van der Waals surface area contributed by atoms with E-state index < -0.39 is 16.1 Å². The van der Waals surface area contributed by atoms with Gasteiger partial charge in [0.25, 0.3) is 0 Å². The van der Waals surface area contributed by atoms with Crippen LogP contribution in [0.4, 0.5) is 0 Å². The first-order valence-electron chi connectivity index (χ1n) is 8.84. The van der Waals surface area contributed by atoms with Gasteiger partial charge in [-0.1, -0.05) is 12.8 Å². The molecule has 0 unspecified atom stereocenters. The molecule has 1 aliphatic carbocycles. The van der Waals surface area contributed by atoms with E-state index in [1.54, 1.807) is 7.05 Å². The lowest BCUT2D eigenvalue weighted by Gasteiger charge is -2.35. The van der Waals surface area contributed by atoms with Crippen LogP contribution in [0, 0.1) is 0 Å². The molecule has 1 fully saturated rings. The predicted molar refractivity (Wildman–Crippen MR) is 100 cm³/mol. The van der Waals surface area contributed by atoms with Gasteiger partial charge in [-0.15, -0.1) is 0 Å². The van der Waals surface area contributed by atoms with Gasteiger partial charge in [-0.25, -0.2) is 8.42 Å². The Morgan fingerprint density at radius 3 is 2.37 bits per heavy atom. The molecule has 8 nitrogen and oxygen atoms in total. The molecule has 1 amide bonds. The van der Waals surface area contributed by atoms with Gasteiger partial charge in [0.15, 0.2) is 11.5 Å². The highest BCUT2D eigenvalue weighted by molar-refractivity contribution is 7.89. The fraction of sp³-hybridized carbons (Fsp3) is 0.611. The van der Waals surface area contributed by atoms with Crippen molar-refractivity contribution in [1.82, 2.24) is 9.21 Å². The summed E-state index contributed by atoms with van der Waals surface area (Å²) in [5.74, 6) is 0.356. The number of aliphatic hydroxyl groups is 1. The quantitative estimate of drug-likeness (QED) is 0.736. The summed E-state index contributed by atoms with van der Waals surface area (Å²) >= 11 is 0. The zero-order valence-electron chi connectivity index (χ0n) is 16.2. The first kappa shape index (κ1) is 21.5. The summed E-state index contributed by atoms with van der Waals surface area (Å²) in [6.07, 6.45) is 2.68. The van der Waals surface area contributed by atoms with Gasteiger partial charge < -0.3 is 19.5 Å². The highest BCUT2D eigenvalue weighted by atomic mass is 32.2. The van der Waals surface area contributed by atoms with E-state index in [9.17, 15) is 18.3 Å². The van der Waals surface area contributed by atoms with Gasteiger partial charge in [0.2, 0.25) is 15.9 Å². The second-order valence-corrected chi connectivity index (χ2v) is 8.75. The molecule has 152 valence electrons. The highest BCUT2D eigenvalue weighted by Gasteiger charge is 2.31. The van der Waals surface area contributed by atoms with Crippen molar-refractivity contribution in [2.75, 3.05) is 34.9 Å². The highest BCUT2D eigenvalue weighted by Crippen LogP contribution is 2.30. The summed E-state index contributed by atoms with van der Waals surface area (Å²) in [6, 6.07) is 4.01. The summed E-state index contributed by atoms with van der Waals surface area (Å²) in [5, 5.41) is 10.1. The standard InChI is InChI=1S/C18H28N2O6S/c1-19(12-18(22)20(2)14-7-5-6-8-15(14)21)27(23,24)13-9-10-16(25-3)17(11-13)26-4/h9-11,14-15,21H,5-8,12H2,1-4H3/t14-,15-/m1/s1. The van der Waals surface area contributed by atoms with Gasteiger partial charge in [-0.2, -0.15) is 4.31 Å². The van der Waals surface area contributed by atoms with Gasteiger partial charge >= 0.3 is 0 Å². The molecule has 0 aliphatic heterocycles. The Balaban J connectivity index is 2.13. The van der Waals surface area contributed by atoms with Gasteiger partial charge in [-0.05, 0) is 25.0 Å². The van der Waals surface area contributed by atoms with Crippen molar-refractivity contribution >= 4 is 15.9 Å². The lowest BCUT2D eigenvalue weighted by atomic mass is 9.91. The Morgan fingerprint density at radius 2 is 1.78 bits per heavy atom. The second-order valence-electron chi connectivity index (χ2n) is 6.70. The molecule has 0 heterocycles. The number of nitrogens with zero attached hydrogens (tertiary/aromatic N) is 2. The van der Waals surface area contributed by atoms with Crippen molar-refractivity contribution in [1.29, 1.82) is 0 Å². The molecule has 1 aromatic carbocycles. The van der Waals surface area contributed by atoms with Crippen molar-refractivity contribution in [2.24, 2.45) is 0 Å². The number of carbonyl (C=O) groups excluding carboxylic acids is 1. The smallest absolute Gasteiger partial charge is 0.243 e. The summed E-state index contributed by atoms with van der Waals surface area (Å²) in [6.45, 7) is -0.309. The minimum Gasteiger partial charge on any atom is -0.493 e. The third kappa shape index (κ3) is 4.72. The van der Waals surface area contributed by atoms with Crippen molar-refractivity contribution in [3.8, 4) is 11.5 Å². The van der Waals surface area contributed by atoms with E-state index in [0.29, 0.717) is 17.9 Å². The minimum atomic E-state index is -3.88. The van der Waals surface area contributed by atoms with Crippen LogP contribution in [0.3, 0.4) is 0 Å². The largest absolute Gasteiger partial charge is 0.493 e. The summed E-state index contributed by atoms with van der Waals surface area (Å²) in [4.78, 5) is 14.0. The number of amides is 1. The number of rotatable bonds is 7. The average molecular weight is 400 g/mol. The first-order valence-corrected chi connectivity index (χ1v) is 10.3. The molecule has 1 aliphatic rings. The average Bonchev–Trinajstić information content (AvgIpc) is 2.66. The van der Waals surface area contributed by atoms with Crippen LogP contribution in [0.15, 0.2) is 23.1 Å². The zero-order chi connectivity index (χ0) is 20.2. The minimum absolute atomic E-state index is 0.0100. The Bertz CT molecular complexity index is 767. The molecule has 1 saturated carbocycles. The topological polar surface area (TPSA) is 96.4 Å². The summed E-state index contributed by atoms with van der Waals surface area (Å²) in [5.41, 5.74) is 0. The van der Waals surface area contributed by atoms with Crippen molar-refractivity contribution in [3.05, 3.63) is 18.2 Å². The molecule has 0 radical (unpaired) electrons. The van der Waals surface area contributed by atoms with E-state index in [-0.39, 0.29) is 23.4 Å². The van der Waals surface area contributed by atoms with Crippen LogP contribution in [-0.2, 0) is 14.8 Å². The van der Waals surface area contributed by atoms with E-state index in [1.807, 2.05) is 0 Å². The number of aliphatic hydroxyl groups excluding tert-OH is 1. The number of likely N-dealkylation sites (N-methyl/N-ethyl adjacent to an activating group) is 2. The maximum atomic E-state index is 12.8. The number of benzene rings is 1. The van der Waals surface area contributed by atoms with Crippen LogP contribution in [0.2, 0.25) is 0 Å². The molecular weight excluding hydrogens is 372 g/mol. The SMILES string of the molecule is COc1ccc(S(=O)(=O)N(C)CC(=O)N(C)[C@@H]2CCCC[C@H]2O)cc1OC. The number of hydrogen-bond donors (Lipinski definition) is 1. The molecule has 1 N–H and O–H groups in total. The first-order chi connectivity index (χ1) is 12.7. The molecule has 0 bridgehead atoms. The van der Waals surface area contributed by atoms with E-state index in [2.05, 4.69) is 0 Å². The predicted octanol–water partition coefficient (Wildman–Crippen LogP) is 1.09. The third-order valence-electron chi connectivity index (χ3n) is 5.01. The zero-order valence-corrected chi connectivity index (χ0v) is 17.0. The maximum absolute atomic E-state index is 12.8. The number of hydrogen-bond acceptors (Lipinski definition) is 6. The molecule has 27 heavy (non-hydrogen) atoms. The maximum Gasteiger partial charge on any atom is 0.243 e. The van der Waals surface area contributed by atoms with Gasteiger partial charge in [0.1, 0.15) is 0 Å². The van der Waals surface area contributed by atoms with E-state index >= 15 is 0 Å². The normalized spacial score (nSPS) is 20.4. The molecule has 9 heteroatoms. The summed E-state index contributed by atoms with van der Waals surface area (Å²) < 4.78 is 36.9. The Hall–Kier alpha value is -1.84. The van der Waals surface area contributed by atoms with Crippen LogP contribution in [0.5, 0.6) is 11.5 Å². The number of sulfonamides is 1. The van der Waals surface area contributed by atoms with Crippen LogP contribution in [-0.4, -0.2) is 75.6 Å². The van der Waals surface area contributed by atoms with E-state index in [4.69, 9.17) is 9.47 Å². The second kappa shape index (κ2) is 8.90. The Labute approximate surface area is 160 Å². The number of methoxy groups -OCH3 is 2. The molecule has 0 spiro atoms. The number of ether oxygens (including phenoxy) is 2. The van der Waals surface area contributed by atoms with Gasteiger partial charge in [0.05, 0.1) is 37.8 Å². The van der Waals surface area contributed by atoms with Gasteiger partial charge in [-0.3, -0.25) is 4.79 Å². The number of carbonyl (C=O) groups is 1. The molecule has 0 saturated heterocycles. The van der Waals surface area contributed by atoms with Crippen LogP contribution < -0.4 is 9.47 Å². The molecule has 0 aromatic heterocycles. The van der Waals surface area contributed by atoms with Crippen LogP contribution in [0.1, 0.15) is 25.7 Å². The van der Waals surface area contributed by atoms with Gasteiger partial charge in [0, 0.05) is 20.2 Å². The Kier molecular flexibility index (Phi) is 7.07. The third-order valence-corrected chi connectivity index (χ3v) is 6.81. The lowest BCUT2D eigenvalue weighted by molar-refractivity contribution is -0.135. The summed E-state index contributed by atoms with van der Waals surface area (Å²) in [7, 11) is 1.97. The van der Waals surface area contributed by atoms with Crippen LogP contribution in [0.25, 0.3) is 0 Å². The van der Waals surface area contributed by atoms with E-state index in [1.165, 1.54) is 44.4 Å². The monoisotopic (exact) mass is 400 g/mol. The lowest BCUT2D eigenvalue weighted by Crippen LogP contribution is -2.49. The molecule has 2 rings (SSSR count).